The van der Waals surface area contributed by atoms with Crippen molar-refractivity contribution >= 4 is 5.91 Å². The summed E-state index contributed by atoms with van der Waals surface area (Å²) in [6.07, 6.45) is 3.80. The molecule has 0 saturated heterocycles. The number of nitrogens with two attached hydrogens (primary N) is 1. The Morgan fingerprint density at radius 2 is 2.30 bits per heavy atom. The third-order valence-corrected chi connectivity index (χ3v) is 3.55. The molecule has 1 heterocycles. The molecule has 1 aliphatic rings. The number of nitrogens with one attached hydrogen (secondary N) is 1. The lowest BCUT2D eigenvalue weighted by Crippen LogP contribution is -2.53. The van der Waals surface area contributed by atoms with Crippen LogP contribution in [0.4, 0.5) is 0 Å². The summed E-state index contributed by atoms with van der Waals surface area (Å²) in [6.45, 7) is 6.07. The van der Waals surface area contributed by atoms with E-state index >= 15 is 0 Å². The molecule has 1 aromatic heterocycles. The van der Waals surface area contributed by atoms with E-state index in [1.807, 2.05) is 26.0 Å². The average Bonchev–Trinajstić information content (AvgIpc) is 3.21. The van der Waals surface area contributed by atoms with E-state index in [4.69, 9.17) is 10.5 Å². The molecule has 1 aromatic rings. The highest BCUT2D eigenvalue weighted by atomic mass is 16.5. The number of carbonyl (C=O) groups is 1. The molecule has 0 aromatic carbocycles. The first kappa shape index (κ1) is 14.8. The largest absolute Gasteiger partial charge is 0.475 e. The second-order valence-electron chi connectivity index (χ2n) is 5.87. The maximum Gasteiger partial charge on any atom is 0.240 e. The lowest BCUT2D eigenvalue weighted by Gasteiger charge is -2.23. The predicted molar refractivity (Wildman–Crippen MR) is 77.2 cm³/mol. The minimum atomic E-state index is -0.777. The number of pyridine rings is 1. The smallest absolute Gasteiger partial charge is 0.240 e. The van der Waals surface area contributed by atoms with Crippen molar-refractivity contribution in [2.24, 2.45) is 11.7 Å². The number of nitrogens with zero attached hydrogens (tertiary/aromatic N) is 1. The van der Waals surface area contributed by atoms with Gasteiger partial charge in [-0.15, -0.1) is 0 Å². The fraction of sp³-hybridized carbons (Fsp3) is 0.600. The quantitative estimate of drug-likeness (QED) is 0.828. The van der Waals surface area contributed by atoms with E-state index < -0.39 is 5.54 Å². The maximum absolute atomic E-state index is 12.2. The topological polar surface area (TPSA) is 77.2 Å². The Morgan fingerprint density at radius 1 is 1.60 bits per heavy atom. The van der Waals surface area contributed by atoms with Crippen LogP contribution in [-0.2, 0) is 11.3 Å². The van der Waals surface area contributed by atoms with Crippen molar-refractivity contribution in [1.29, 1.82) is 0 Å². The van der Waals surface area contributed by atoms with Gasteiger partial charge in [0.25, 0.3) is 0 Å². The number of aromatic nitrogens is 1. The summed E-state index contributed by atoms with van der Waals surface area (Å²) in [5.74, 6) is 0.759. The third kappa shape index (κ3) is 3.48. The SMILES string of the molecule is CC(C)Oc1ncccc1CNC(=O)C(C)(N)C1CC1. The highest BCUT2D eigenvalue weighted by Gasteiger charge is 2.43. The first-order valence-corrected chi connectivity index (χ1v) is 7.09. The van der Waals surface area contributed by atoms with Gasteiger partial charge < -0.3 is 15.8 Å². The summed E-state index contributed by atoms with van der Waals surface area (Å²) in [4.78, 5) is 16.4. The van der Waals surface area contributed by atoms with Crippen LogP contribution in [0, 0.1) is 5.92 Å². The van der Waals surface area contributed by atoms with E-state index in [-0.39, 0.29) is 12.0 Å². The molecule has 5 nitrogen and oxygen atoms in total. The molecule has 1 aliphatic carbocycles. The molecular formula is C15H23N3O2. The van der Waals surface area contributed by atoms with Crippen LogP contribution in [0.25, 0.3) is 0 Å². The van der Waals surface area contributed by atoms with Gasteiger partial charge in [-0.1, -0.05) is 6.07 Å². The zero-order valence-electron chi connectivity index (χ0n) is 12.3. The molecule has 1 unspecified atom stereocenters. The van der Waals surface area contributed by atoms with Crippen LogP contribution in [0.2, 0.25) is 0 Å². The number of hydrogen-bond donors (Lipinski definition) is 2. The zero-order chi connectivity index (χ0) is 14.8. The predicted octanol–water partition coefficient (Wildman–Crippen LogP) is 1.61. The minimum absolute atomic E-state index is 0.0468. The number of carbonyl (C=O) groups excluding carboxylic acids is 1. The molecule has 1 saturated carbocycles. The van der Waals surface area contributed by atoms with Gasteiger partial charge in [0, 0.05) is 18.3 Å². The molecule has 0 bridgehead atoms. The Kier molecular flexibility index (Phi) is 4.28. The Labute approximate surface area is 119 Å². The van der Waals surface area contributed by atoms with Crippen LogP contribution in [0.1, 0.15) is 39.2 Å². The van der Waals surface area contributed by atoms with Crippen molar-refractivity contribution in [2.75, 3.05) is 0 Å². The first-order chi connectivity index (χ1) is 9.41. The highest BCUT2D eigenvalue weighted by Crippen LogP contribution is 2.38. The molecule has 0 aliphatic heterocycles. The zero-order valence-corrected chi connectivity index (χ0v) is 12.3. The molecule has 0 spiro atoms. The van der Waals surface area contributed by atoms with Crippen molar-refractivity contribution < 1.29 is 9.53 Å². The van der Waals surface area contributed by atoms with Gasteiger partial charge in [0.2, 0.25) is 11.8 Å². The van der Waals surface area contributed by atoms with E-state index in [0.29, 0.717) is 18.3 Å². The van der Waals surface area contributed by atoms with Crippen molar-refractivity contribution in [3.05, 3.63) is 23.9 Å². The van der Waals surface area contributed by atoms with E-state index in [0.717, 1.165) is 18.4 Å². The normalized spacial score (nSPS) is 17.6. The summed E-state index contributed by atoms with van der Waals surface area (Å²) in [5.41, 5.74) is 6.18. The number of hydrogen-bond acceptors (Lipinski definition) is 4. The molecule has 20 heavy (non-hydrogen) atoms. The van der Waals surface area contributed by atoms with Gasteiger partial charge in [0.05, 0.1) is 11.6 Å². The van der Waals surface area contributed by atoms with Gasteiger partial charge in [-0.25, -0.2) is 4.98 Å². The van der Waals surface area contributed by atoms with Crippen LogP contribution < -0.4 is 15.8 Å². The van der Waals surface area contributed by atoms with Crippen molar-refractivity contribution in [1.82, 2.24) is 10.3 Å². The van der Waals surface area contributed by atoms with Crippen molar-refractivity contribution in [3.8, 4) is 5.88 Å². The van der Waals surface area contributed by atoms with Gasteiger partial charge in [-0.2, -0.15) is 0 Å². The van der Waals surface area contributed by atoms with E-state index in [1.54, 1.807) is 13.1 Å². The molecule has 110 valence electrons. The Morgan fingerprint density at radius 3 is 2.90 bits per heavy atom. The summed E-state index contributed by atoms with van der Waals surface area (Å²) in [5, 5.41) is 2.89. The average molecular weight is 277 g/mol. The van der Waals surface area contributed by atoms with Gasteiger partial charge in [0.15, 0.2) is 0 Å². The molecule has 1 fully saturated rings. The van der Waals surface area contributed by atoms with Crippen LogP contribution in [-0.4, -0.2) is 22.5 Å². The lowest BCUT2D eigenvalue weighted by molar-refractivity contribution is -0.126. The summed E-state index contributed by atoms with van der Waals surface area (Å²) in [7, 11) is 0. The number of amides is 1. The molecule has 5 heteroatoms. The second-order valence-corrected chi connectivity index (χ2v) is 5.87. The lowest BCUT2D eigenvalue weighted by atomic mass is 9.96. The second kappa shape index (κ2) is 5.79. The van der Waals surface area contributed by atoms with Gasteiger partial charge in [0.1, 0.15) is 0 Å². The van der Waals surface area contributed by atoms with Gasteiger partial charge >= 0.3 is 0 Å². The van der Waals surface area contributed by atoms with Gasteiger partial charge in [-0.05, 0) is 45.6 Å². The van der Waals surface area contributed by atoms with Crippen LogP contribution in [0.15, 0.2) is 18.3 Å². The third-order valence-electron chi connectivity index (χ3n) is 3.55. The van der Waals surface area contributed by atoms with Gasteiger partial charge in [-0.3, -0.25) is 4.79 Å². The van der Waals surface area contributed by atoms with Crippen LogP contribution in [0.3, 0.4) is 0 Å². The molecule has 0 radical (unpaired) electrons. The fourth-order valence-corrected chi connectivity index (χ4v) is 2.12. The Balaban J connectivity index is 1.98. The molecule has 2 rings (SSSR count). The monoisotopic (exact) mass is 277 g/mol. The van der Waals surface area contributed by atoms with Crippen LogP contribution >= 0.6 is 0 Å². The Hall–Kier alpha value is -1.62. The molecular weight excluding hydrogens is 254 g/mol. The van der Waals surface area contributed by atoms with Crippen molar-refractivity contribution in [3.63, 3.8) is 0 Å². The summed E-state index contributed by atoms with van der Waals surface area (Å²) in [6, 6.07) is 3.73. The highest BCUT2D eigenvalue weighted by molar-refractivity contribution is 5.86. The van der Waals surface area contributed by atoms with E-state index in [9.17, 15) is 4.79 Å². The molecule has 3 N–H and O–H groups in total. The first-order valence-electron chi connectivity index (χ1n) is 7.09. The standard InChI is InChI=1S/C15H23N3O2/c1-10(2)20-13-11(5-4-8-17-13)9-18-14(19)15(3,16)12-6-7-12/h4-5,8,10,12H,6-7,9,16H2,1-3H3,(H,18,19). The number of ether oxygens (including phenoxy) is 1. The maximum atomic E-state index is 12.2. The van der Waals surface area contributed by atoms with Crippen molar-refractivity contribution in [2.45, 2.75) is 51.8 Å². The molecule has 1 atom stereocenters. The summed E-state index contributed by atoms with van der Waals surface area (Å²) < 4.78 is 5.63. The fourth-order valence-electron chi connectivity index (χ4n) is 2.12. The van der Waals surface area contributed by atoms with Crippen LogP contribution in [0.5, 0.6) is 5.88 Å². The van der Waals surface area contributed by atoms with E-state index in [2.05, 4.69) is 10.3 Å². The summed E-state index contributed by atoms with van der Waals surface area (Å²) >= 11 is 0. The number of rotatable bonds is 6. The molecule has 1 amide bonds. The minimum Gasteiger partial charge on any atom is -0.475 e. The van der Waals surface area contributed by atoms with E-state index in [1.165, 1.54) is 0 Å². The Bertz CT molecular complexity index is 482.